The Balaban J connectivity index is 1.46. The van der Waals surface area contributed by atoms with Crippen LogP contribution in [0.4, 0.5) is 0 Å². The SMILES string of the molecule is COc1cc(-c2cn3ccccc3n2)ccc1OC(c1ccc(Cl)cc1)C1CC1. The molecule has 4 aromatic rings. The van der Waals surface area contributed by atoms with Crippen LogP contribution in [0.3, 0.4) is 0 Å². The summed E-state index contributed by atoms with van der Waals surface area (Å²) in [5.41, 5.74) is 3.95. The van der Waals surface area contributed by atoms with Gasteiger partial charge in [0.05, 0.1) is 12.8 Å². The molecule has 5 rings (SSSR count). The maximum Gasteiger partial charge on any atom is 0.162 e. The summed E-state index contributed by atoms with van der Waals surface area (Å²) in [6, 6.07) is 19.9. The molecule has 1 saturated carbocycles. The Morgan fingerprint density at radius 3 is 2.59 bits per heavy atom. The number of benzene rings is 2. The molecule has 0 bridgehead atoms. The van der Waals surface area contributed by atoms with Crippen molar-refractivity contribution in [3.05, 3.63) is 83.6 Å². The number of hydrogen-bond donors (Lipinski definition) is 0. The fourth-order valence-electron chi connectivity index (χ4n) is 3.62. The molecule has 0 aliphatic heterocycles. The van der Waals surface area contributed by atoms with Gasteiger partial charge in [0, 0.05) is 28.9 Å². The summed E-state index contributed by atoms with van der Waals surface area (Å²) in [5, 5.41) is 0.734. The highest BCUT2D eigenvalue weighted by atomic mass is 35.5. The van der Waals surface area contributed by atoms with Gasteiger partial charge in [-0.1, -0.05) is 29.8 Å². The smallest absolute Gasteiger partial charge is 0.162 e. The molecule has 0 spiro atoms. The molecule has 0 saturated heterocycles. The van der Waals surface area contributed by atoms with Crippen molar-refractivity contribution in [2.45, 2.75) is 18.9 Å². The number of nitrogens with zero attached hydrogens (tertiary/aromatic N) is 2. The van der Waals surface area contributed by atoms with Crippen molar-refractivity contribution in [2.75, 3.05) is 7.11 Å². The van der Waals surface area contributed by atoms with E-state index in [0.29, 0.717) is 11.7 Å². The van der Waals surface area contributed by atoms with E-state index < -0.39 is 0 Å². The first-order valence-corrected chi connectivity index (χ1v) is 10.1. The number of halogens is 1. The zero-order chi connectivity index (χ0) is 19.8. The Morgan fingerprint density at radius 2 is 1.86 bits per heavy atom. The van der Waals surface area contributed by atoms with E-state index in [9.17, 15) is 0 Å². The third kappa shape index (κ3) is 3.68. The van der Waals surface area contributed by atoms with E-state index >= 15 is 0 Å². The van der Waals surface area contributed by atoms with Crippen molar-refractivity contribution in [1.82, 2.24) is 9.38 Å². The summed E-state index contributed by atoms with van der Waals surface area (Å²) in [5.74, 6) is 1.98. The number of hydrogen-bond acceptors (Lipinski definition) is 3. The van der Waals surface area contributed by atoms with Gasteiger partial charge in [0.2, 0.25) is 0 Å². The van der Waals surface area contributed by atoms with Gasteiger partial charge in [-0.05, 0) is 60.9 Å². The maximum atomic E-state index is 6.44. The number of methoxy groups -OCH3 is 1. The minimum Gasteiger partial charge on any atom is -0.493 e. The highest BCUT2D eigenvalue weighted by Gasteiger charge is 2.34. The van der Waals surface area contributed by atoms with Gasteiger partial charge in [0.25, 0.3) is 0 Å². The van der Waals surface area contributed by atoms with E-state index in [4.69, 9.17) is 26.1 Å². The molecule has 0 amide bonds. The van der Waals surface area contributed by atoms with Crippen molar-refractivity contribution in [2.24, 2.45) is 5.92 Å². The van der Waals surface area contributed by atoms with Crippen LogP contribution in [0.15, 0.2) is 73.1 Å². The van der Waals surface area contributed by atoms with Gasteiger partial charge in [0.1, 0.15) is 11.8 Å². The molecule has 29 heavy (non-hydrogen) atoms. The lowest BCUT2D eigenvalue weighted by Gasteiger charge is -2.21. The third-order valence-electron chi connectivity index (χ3n) is 5.33. The molecule has 5 heteroatoms. The molecular weight excluding hydrogens is 384 g/mol. The predicted octanol–water partition coefficient (Wildman–Crippen LogP) is 6.19. The standard InChI is InChI=1S/C24H21ClN2O2/c1-28-22-14-18(20-15-27-13-3-2-4-23(27)26-20)9-12-21(22)29-24(16-5-6-16)17-7-10-19(25)11-8-17/h2-4,7-16,24H,5-6H2,1H3. The van der Waals surface area contributed by atoms with Gasteiger partial charge in [-0.15, -0.1) is 0 Å². The Kier molecular flexibility index (Phi) is 4.64. The van der Waals surface area contributed by atoms with E-state index in [2.05, 4.69) is 0 Å². The minimum atomic E-state index is 0.00205. The van der Waals surface area contributed by atoms with Crippen molar-refractivity contribution in [3.63, 3.8) is 0 Å². The highest BCUT2D eigenvalue weighted by molar-refractivity contribution is 6.30. The number of pyridine rings is 1. The number of ether oxygens (including phenoxy) is 2. The zero-order valence-electron chi connectivity index (χ0n) is 16.1. The lowest BCUT2D eigenvalue weighted by molar-refractivity contribution is 0.174. The molecule has 2 heterocycles. The second-order valence-electron chi connectivity index (χ2n) is 7.39. The van der Waals surface area contributed by atoms with Crippen molar-refractivity contribution < 1.29 is 9.47 Å². The van der Waals surface area contributed by atoms with Crippen LogP contribution in [0.1, 0.15) is 24.5 Å². The molecule has 1 aliphatic carbocycles. The fourth-order valence-corrected chi connectivity index (χ4v) is 3.75. The number of fused-ring (bicyclic) bond motifs is 1. The number of imidazole rings is 1. The summed E-state index contributed by atoms with van der Waals surface area (Å²) in [6.45, 7) is 0. The molecule has 0 radical (unpaired) electrons. The van der Waals surface area contributed by atoms with E-state index in [1.54, 1.807) is 7.11 Å². The van der Waals surface area contributed by atoms with Gasteiger partial charge in [0.15, 0.2) is 11.5 Å². The topological polar surface area (TPSA) is 35.8 Å². The van der Waals surface area contributed by atoms with Gasteiger partial charge in [-0.25, -0.2) is 4.98 Å². The van der Waals surface area contributed by atoms with Crippen molar-refractivity contribution >= 4 is 17.2 Å². The van der Waals surface area contributed by atoms with E-state index in [1.807, 2.05) is 77.5 Å². The van der Waals surface area contributed by atoms with Gasteiger partial charge in [-0.3, -0.25) is 0 Å². The lowest BCUT2D eigenvalue weighted by atomic mass is 10.1. The average Bonchev–Trinajstić information content (AvgIpc) is 3.50. The second kappa shape index (κ2) is 7.45. The van der Waals surface area contributed by atoms with E-state index in [1.165, 1.54) is 12.8 Å². The molecule has 0 N–H and O–H groups in total. The normalized spacial score (nSPS) is 14.7. The first-order chi connectivity index (χ1) is 14.2. The summed E-state index contributed by atoms with van der Waals surface area (Å²) in [4.78, 5) is 4.70. The fraction of sp³-hybridized carbons (Fsp3) is 0.208. The Morgan fingerprint density at radius 1 is 1.03 bits per heavy atom. The molecule has 1 fully saturated rings. The predicted molar refractivity (Wildman–Crippen MR) is 115 cm³/mol. The number of rotatable bonds is 6. The lowest BCUT2D eigenvalue weighted by Crippen LogP contribution is -2.10. The summed E-state index contributed by atoms with van der Waals surface area (Å²) < 4.78 is 14.1. The molecule has 1 unspecified atom stereocenters. The van der Waals surface area contributed by atoms with Crippen LogP contribution in [0.2, 0.25) is 5.02 Å². The van der Waals surface area contributed by atoms with Gasteiger partial charge in [-0.2, -0.15) is 0 Å². The average molecular weight is 405 g/mol. The molecule has 1 atom stereocenters. The first kappa shape index (κ1) is 18.1. The van der Waals surface area contributed by atoms with Crippen LogP contribution >= 0.6 is 11.6 Å². The minimum absolute atomic E-state index is 0.00205. The monoisotopic (exact) mass is 404 g/mol. The molecule has 146 valence electrons. The van der Waals surface area contributed by atoms with Crippen LogP contribution < -0.4 is 9.47 Å². The summed E-state index contributed by atoms with van der Waals surface area (Å²) in [7, 11) is 1.67. The molecule has 2 aromatic heterocycles. The van der Waals surface area contributed by atoms with Crippen molar-refractivity contribution in [3.8, 4) is 22.8 Å². The largest absolute Gasteiger partial charge is 0.493 e. The van der Waals surface area contributed by atoms with Crippen LogP contribution in [0.25, 0.3) is 16.9 Å². The van der Waals surface area contributed by atoms with Gasteiger partial charge < -0.3 is 13.9 Å². The van der Waals surface area contributed by atoms with Crippen LogP contribution in [-0.4, -0.2) is 16.5 Å². The van der Waals surface area contributed by atoms with E-state index in [-0.39, 0.29) is 6.10 Å². The zero-order valence-corrected chi connectivity index (χ0v) is 16.8. The Hall–Kier alpha value is -2.98. The third-order valence-corrected chi connectivity index (χ3v) is 5.58. The second-order valence-corrected chi connectivity index (χ2v) is 7.82. The van der Waals surface area contributed by atoms with Crippen LogP contribution in [0, 0.1) is 5.92 Å². The van der Waals surface area contributed by atoms with Crippen LogP contribution in [0.5, 0.6) is 11.5 Å². The molecule has 1 aliphatic rings. The molecule has 2 aromatic carbocycles. The van der Waals surface area contributed by atoms with Crippen molar-refractivity contribution in [1.29, 1.82) is 0 Å². The molecule has 4 nitrogen and oxygen atoms in total. The van der Waals surface area contributed by atoms with Crippen LogP contribution in [-0.2, 0) is 0 Å². The van der Waals surface area contributed by atoms with E-state index in [0.717, 1.165) is 33.2 Å². The molecular formula is C24H21ClN2O2. The summed E-state index contributed by atoms with van der Waals surface area (Å²) >= 11 is 6.06. The highest BCUT2D eigenvalue weighted by Crippen LogP contribution is 2.45. The Labute approximate surface area is 174 Å². The first-order valence-electron chi connectivity index (χ1n) is 9.75. The quantitative estimate of drug-likeness (QED) is 0.384. The Bertz CT molecular complexity index is 1120. The summed E-state index contributed by atoms with van der Waals surface area (Å²) in [6.07, 6.45) is 6.37. The number of aromatic nitrogens is 2. The van der Waals surface area contributed by atoms with Gasteiger partial charge >= 0.3 is 0 Å². The maximum absolute atomic E-state index is 6.44.